The van der Waals surface area contributed by atoms with Crippen molar-refractivity contribution in [1.29, 1.82) is 0 Å². The zero-order chi connectivity index (χ0) is 17.7. The van der Waals surface area contributed by atoms with Crippen molar-refractivity contribution in [2.45, 2.75) is 52.5 Å². The zero-order valence-corrected chi connectivity index (χ0v) is 14.7. The van der Waals surface area contributed by atoms with Gasteiger partial charge in [-0.25, -0.2) is 0 Å². The van der Waals surface area contributed by atoms with Gasteiger partial charge in [-0.15, -0.1) is 0 Å². The third-order valence-corrected chi connectivity index (χ3v) is 4.44. The Labute approximate surface area is 143 Å². The van der Waals surface area contributed by atoms with Crippen LogP contribution < -0.4 is 10.2 Å². The van der Waals surface area contributed by atoms with Crippen molar-refractivity contribution in [3.05, 3.63) is 33.9 Å². The van der Waals surface area contributed by atoms with Crippen LogP contribution in [-0.2, 0) is 0 Å². The first-order valence-corrected chi connectivity index (χ1v) is 8.72. The van der Waals surface area contributed by atoms with Gasteiger partial charge in [0.2, 0.25) is 0 Å². The van der Waals surface area contributed by atoms with Gasteiger partial charge < -0.3 is 10.2 Å². The highest BCUT2D eigenvalue weighted by molar-refractivity contribution is 6.00. The molecule has 1 aliphatic rings. The van der Waals surface area contributed by atoms with E-state index in [0.29, 0.717) is 11.5 Å². The normalized spacial score (nSPS) is 15.6. The minimum absolute atomic E-state index is 0.0436. The Morgan fingerprint density at radius 3 is 2.50 bits per heavy atom. The van der Waals surface area contributed by atoms with Crippen molar-refractivity contribution in [3.8, 4) is 0 Å². The van der Waals surface area contributed by atoms with Crippen LogP contribution in [0.2, 0.25) is 0 Å². The van der Waals surface area contributed by atoms with E-state index in [4.69, 9.17) is 0 Å². The van der Waals surface area contributed by atoms with Gasteiger partial charge in [0, 0.05) is 31.3 Å². The van der Waals surface area contributed by atoms with Gasteiger partial charge in [0.25, 0.3) is 11.6 Å². The highest BCUT2D eigenvalue weighted by Crippen LogP contribution is 2.28. The zero-order valence-electron chi connectivity index (χ0n) is 14.7. The van der Waals surface area contributed by atoms with Crippen LogP contribution in [0.4, 0.5) is 11.4 Å². The molecule has 1 heterocycles. The van der Waals surface area contributed by atoms with Crippen LogP contribution in [0.15, 0.2) is 18.2 Å². The van der Waals surface area contributed by atoms with E-state index < -0.39 is 4.92 Å². The van der Waals surface area contributed by atoms with Gasteiger partial charge in [0.15, 0.2) is 0 Å². The number of non-ortho nitro benzene ring substituents is 1. The largest absolute Gasteiger partial charge is 0.371 e. The summed E-state index contributed by atoms with van der Waals surface area (Å²) in [7, 11) is 0. The topological polar surface area (TPSA) is 75.5 Å². The number of amides is 1. The molecule has 2 rings (SSSR count). The van der Waals surface area contributed by atoms with Crippen LogP contribution in [0, 0.1) is 16.0 Å². The van der Waals surface area contributed by atoms with Crippen LogP contribution >= 0.6 is 0 Å². The third-order valence-electron chi connectivity index (χ3n) is 4.44. The number of hydrogen-bond donors (Lipinski definition) is 1. The molecular formula is C18H27N3O3. The first-order valence-electron chi connectivity index (χ1n) is 8.72. The molecular weight excluding hydrogens is 306 g/mol. The molecule has 0 spiro atoms. The van der Waals surface area contributed by atoms with Gasteiger partial charge in [0.1, 0.15) is 0 Å². The number of anilines is 1. The van der Waals surface area contributed by atoms with Crippen LogP contribution in [-0.4, -0.2) is 30.0 Å². The Balaban J connectivity index is 2.19. The average molecular weight is 333 g/mol. The molecule has 0 saturated carbocycles. The number of nitro groups is 1. The molecule has 1 atom stereocenters. The van der Waals surface area contributed by atoms with Crippen molar-refractivity contribution >= 4 is 17.3 Å². The Kier molecular flexibility index (Phi) is 6.17. The molecule has 24 heavy (non-hydrogen) atoms. The fraction of sp³-hybridized carbons (Fsp3) is 0.611. The molecule has 6 heteroatoms. The van der Waals surface area contributed by atoms with Crippen LogP contribution in [0.3, 0.4) is 0 Å². The summed E-state index contributed by atoms with van der Waals surface area (Å²) in [6.07, 6.45) is 4.11. The first kappa shape index (κ1) is 18.2. The second kappa shape index (κ2) is 8.13. The Morgan fingerprint density at radius 1 is 1.25 bits per heavy atom. The van der Waals surface area contributed by atoms with E-state index in [1.807, 2.05) is 6.92 Å². The van der Waals surface area contributed by atoms with Crippen molar-refractivity contribution in [1.82, 2.24) is 5.32 Å². The lowest BCUT2D eigenvalue weighted by molar-refractivity contribution is -0.384. The van der Waals surface area contributed by atoms with Gasteiger partial charge in [-0.2, -0.15) is 0 Å². The molecule has 1 aromatic carbocycles. The molecule has 1 N–H and O–H groups in total. The van der Waals surface area contributed by atoms with Crippen LogP contribution in [0.25, 0.3) is 0 Å². The second-order valence-electron chi connectivity index (χ2n) is 7.00. The number of hydrogen-bond acceptors (Lipinski definition) is 4. The number of carbonyl (C=O) groups is 1. The van der Waals surface area contributed by atoms with Gasteiger partial charge in [-0.1, -0.05) is 13.8 Å². The van der Waals surface area contributed by atoms with E-state index in [-0.39, 0.29) is 17.6 Å². The SMILES string of the molecule is CC(C)CCC(C)NC(=O)c1cc([N+](=O)[O-])ccc1N1CCCC1. The molecule has 132 valence electrons. The van der Waals surface area contributed by atoms with E-state index in [0.717, 1.165) is 44.5 Å². The summed E-state index contributed by atoms with van der Waals surface area (Å²) >= 11 is 0. The fourth-order valence-corrected chi connectivity index (χ4v) is 3.01. The van der Waals surface area contributed by atoms with E-state index in [1.165, 1.54) is 12.1 Å². The highest BCUT2D eigenvalue weighted by Gasteiger charge is 2.23. The number of benzene rings is 1. The number of carbonyl (C=O) groups excluding carboxylic acids is 1. The molecule has 1 unspecified atom stereocenters. The molecule has 0 aromatic heterocycles. The Morgan fingerprint density at radius 2 is 1.92 bits per heavy atom. The standard InChI is InChI=1S/C18H27N3O3/c1-13(2)6-7-14(3)19-18(22)16-12-15(21(23)24)8-9-17(16)20-10-4-5-11-20/h8-9,12-14H,4-7,10-11H2,1-3H3,(H,19,22). The Hall–Kier alpha value is -2.11. The summed E-state index contributed by atoms with van der Waals surface area (Å²) in [6.45, 7) is 8.07. The fourth-order valence-electron chi connectivity index (χ4n) is 3.01. The summed E-state index contributed by atoms with van der Waals surface area (Å²) in [5, 5.41) is 14.1. The summed E-state index contributed by atoms with van der Waals surface area (Å²) in [6, 6.07) is 4.63. The molecule has 6 nitrogen and oxygen atoms in total. The maximum absolute atomic E-state index is 12.7. The molecule has 1 aliphatic heterocycles. The number of nitro benzene ring substituents is 1. The lowest BCUT2D eigenvalue weighted by atomic mass is 10.0. The van der Waals surface area contributed by atoms with E-state index in [9.17, 15) is 14.9 Å². The van der Waals surface area contributed by atoms with Gasteiger partial charge in [-0.05, 0) is 44.6 Å². The van der Waals surface area contributed by atoms with Crippen molar-refractivity contribution in [3.63, 3.8) is 0 Å². The summed E-state index contributed by atoms with van der Waals surface area (Å²) in [5.74, 6) is 0.360. The molecule has 0 radical (unpaired) electrons. The number of nitrogens with one attached hydrogen (secondary N) is 1. The van der Waals surface area contributed by atoms with Gasteiger partial charge in [0.05, 0.1) is 16.2 Å². The smallest absolute Gasteiger partial charge is 0.270 e. The monoisotopic (exact) mass is 333 g/mol. The lowest BCUT2D eigenvalue weighted by Gasteiger charge is -2.22. The Bertz CT molecular complexity index is 595. The molecule has 1 amide bonds. The second-order valence-corrected chi connectivity index (χ2v) is 7.00. The summed E-state index contributed by atoms with van der Waals surface area (Å²) < 4.78 is 0. The number of rotatable bonds is 7. The first-order chi connectivity index (χ1) is 11.4. The maximum Gasteiger partial charge on any atom is 0.270 e. The quantitative estimate of drug-likeness (QED) is 0.609. The van der Waals surface area contributed by atoms with Gasteiger partial charge in [-0.3, -0.25) is 14.9 Å². The maximum atomic E-state index is 12.7. The van der Waals surface area contributed by atoms with E-state index in [2.05, 4.69) is 24.1 Å². The summed E-state index contributed by atoms with van der Waals surface area (Å²) in [4.78, 5) is 25.4. The average Bonchev–Trinajstić information content (AvgIpc) is 3.06. The molecule has 1 aromatic rings. The summed E-state index contributed by atoms with van der Waals surface area (Å²) in [5.41, 5.74) is 1.16. The molecule has 1 saturated heterocycles. The predicted molar refractivity (Wildman–Crippen MR) is 95.5 cm³/mol. The van der Waals surface area contributed by atoms with Crippen LogP contribution in [0.1, 0.15) is 56.8 Å². The van der Waals surface area contributed by atoms with Gasteiger partial charge >= 0.3 is 0 Å². The minimum Gasteiger partial charge on any atom is -0.371 e. The van der Waals surface area contributed by atoms with Crippen molar-refractivity contribution in [2.24, 2.45) is 5.92 Å². The molecule has 0 bridgehead atoms. The molecule has 0 aliphatic carbocycles. The lowest BCUT2D eigenvalue weighted by Crippen LogP contribution is -2.34. The van der Waals surface area contributed by atoms with E-state index in [1.54, 1.807) is 6.07 Å². The predicted octanol–water partition coefficient (Wildman–Crippen LogP) is 3.75. The van der Waals surface area contributed by atoms with Crippen LogP contribution in [0.5, 0.6) is 0 Å². The minimum atomic E-state index is -0.452. The van der Waals surface area contributed by atoms with Crippen molar-refractivity contribution < 1.29 is 9.72 Å². The molecule has 1 fully saturated rings. The van der Waals surface area contributed by atoms with Crippen molar-refractivity contribution in [2.75, 3.05) is 18.0 Å². The highest BCUT2D eigenvalue weighted by atomic mass is 16.6. The third kappa shape index (κ3) is 4.69. The van der Waals surface area contributed by atoms with E-state index >= 15 is 0 Å². The number of nitrogens with zero attached hydrogens (tertiary/aromatic N) is 2.